The molecule has 0 radical (unpaired) electrons. The molecular weight excluding hydrogens is 348 g/mol. The van der Waals surface area contributed by atoms with Gasteiger partial charge in [0, 0.05) is 43.0 Å². The van der Waals surface area contributed by atoms with Crippen molar-refractivity contribution >= 4 is 28.9 Å². The molecule has 1 aliphatic rings. The number of rotatable bonds is 4. The summed E-state index contributed by atoms with van der Waals surface area (Å²) in [7, 11) is 0. The zero-order chi connectivity index (χ0) is 17.8. The molecule has 3 rings (SSSR count). The van der Waals surface area contributed by atoms with Crippen LogP contribution in [0.1, 0.15) is 0 Å². The van der Waals surface area contributed by atoms with E-state index in [1.165, 1.54) is 6.07 Å². The monoisotopic (exact) mass is 365 g/mol. The lowest BCUT2D eigenvalue weighted by atomic mass is 10.2. The molecule has 25 heavy (non-hydrogen) atoms. The summed E-state index contributed by atoms with van der Waals surface area (Å²) in [6.07, 6.45) is 0. The van der Waals surface area contributed by atoms with Crippen molar-refractivity contribution in [2.45, 2.75) is 0 Å². The number of piperazine rings is 1. The molecule has 0 atom stereocenters. The molecule has 4 nitrogen and oxygen atoms in total. The Hall–Kier alpha value is -2.18. The van der Waals surface area contributed by atoms with Crippen LogP contribution in [-0.2, 0) is 4.79 Å². The highest BCUT2D eigenvalue weighted by molar-refractivity contribution is 6.30. The first-order valence-corrected chi connectivity index (χ1v) is 8.37. The Labute approximate surface area is 150 Å². The van der Waals surface area contributed by atoms with Crippen molar-refractivity contribution in [3.05, 3.63) is 59.1 Å². The third-order valence-corrected chi connectivity index (χ3v) is 4.39. The summed E-state index contributed by atoms with van der Waals surface area (Å²) in [6, 6.07) is 10.7. The van der Waals surface area contributed by atoms with Gasteiger partial charge in [0.05, 0.1) is 12.2 Å². The maximum atomic E-state index is 13.6. The number of carbonyl (C=O) groups excluding carboxylic acids is 1. The molecule has 1 amide bonds. The number of benzene rings is 2. The molecule has 7 heteroatoms. The largest absolute Gasteiger partial charge is 0.369 e. The van der Waals surface area contributed by atoms with Gasteiger partial charge in [0.15, 0.2) is 0 Å². The third-order valence-electron chi connectivity index (χ3n) is 4.14. The predicted molar refractivity (Wildman–Crippen MR) is 95.1 cm³/mol. The van der Waals surface area contributed by atoms with E-state index in [0.717, 1.165) is 44.0 Å². The maximum absolute atomic E-state index is 13.6. The molecule has 0 saturated carbocycles. The molecule has 1 fully saturated rings. The molecule has 0 aromatic heterocycles. The Morgan fingerprint density at radius 3 is 2.36 bits per heavy atom. The summed E-state index contributed by atoms with van der Waals surface area (Å²) < 4.78 is 26.5. The van der Waals surface area contributed by atoms with Gasteiger partial charge in [-0.3, -0.25) is 9.69 Å². The highest BCUT2D eigenvalue weighted by Gasteiger charge is 2.19. The Kier molecular flexibility index (Phi) is 5.50. The number of halogens is 3. The lowest BCUT2D eigenvalue weighted by Crippen LogP contribution is -2.48. The van der Waals surface area contributed by atoms with E-state index in [9.17, 15) is 13.6 Å². The number of nitrogens with zero attached hydrogens (tertiary/aromatic N) is 2. The number of hydrogen-bond donors (Lipinski definition) is 1. The highest BCUT2D eigenvalue weighted by Crippen LogP contribution is 2.19. The van der Waals surface area contributed by atoms with Gasteiger partial charge in [0.1, 0.15) is 11.6 Å². The van der Waals surface area contributed by atoms with Crippen molar-refractivity contribution in [1.29, 1.82) is 0 Å². The van der Waals surface area contributed by atoms with E-state index in [2.05, 4.69) is 10.2 Å². The fourth-order valence-corrected chi connectivity index (χ4v) is 2.93. The van der Waals surface area contributed by atoms with Crippen LogP contribution in [0.3, 0.4) is 0 Å². The van der Waals surface area contributed by atoms with Crippen LogP contribution in [0.5, 0.6) is 0 Å². The first-order chi connectivity index (χ1) is 12.0. The lowest BCUT2D eigenvalue weighted by molar-refractivity contribution is -0.117. The number of nitrogens with one attached hydrogen (secondary N) is 1. The van der Waals surface area contributed by atoms with Crippen molar-refractivity contribution in [1.82, 2.24) is 4.90 Å². The van der Waals surface area contributed by atoms with Crippen molar-refractivity contribution in [3.63, 3.8) is 0 Å². The van der Waals surface area contributed by atoms with Gasteiger partial charge >= 0.3 is 0 Å². The van der Waals surface area contributed by atoms with E-state index in [1.807, 2.05) is 29.2 Å². The first kappa shape index (κ1) is 17.6. The van der Waals surface area contributed by atoms with Crippen LogP contribution in [0, 0.1) is 11.6 Å². The van der Waals surface area contributed by atoms with Crippen LogP contribution in [0.2, 0.25) is 5.02 Å². The highest BCUT2D eigenvalue weighted by atomic mass is 35.5. The normalized spacial score (nSPS) is 15.2. The molecule has 1 N–H and O–H groups in total. The molecule has 1 aliphatic heterocycles. The second-order valence-corrected chi connectivity index (χ2v) is 6.35. The molecule has 0 aliphatic carbocycles. The molecule has 2 aromatic carbocycles. The second-order valence-electron chi connectivity index (χ2n) is 5.91. The Bertz CT molecular complexity index is 746. The van der Waals surface area contributed by atoms with Gasteiger partial charge in [0.25, 0.3) is 0 Å². The van der Waals surface area contributed by atoms with Gasteiger partial charge in [-0.2, -0.15) is 0 Å². The Morgan fingerprint density at radius 2 is 1.72 bits per heavy atom. The van der Waals surface area contributed by atoms with E-state index in [-0.39, 0.29) is 18.1 Å². The van der Waals surface area contributed by atoms with Gasteiger partial charge in [-0.05, 0) is 36.4 Å². The minimum Gasteiger partial charge on any atom is -0.369 e. The van der Waals surface area contributed by atoms with E-state index in [1.54, 1.807) is 0 Å². The minimum absolute atomic E-state index is 0.00815. The summed E-state index contributed by atoms with van der Waals surface area (Å²) in [5.74, 6) is -1.76. The van der Waals surface area contributed by atoms with Crippen molar-refractivity contribution in [3.8, 4) is 0 Å². The van der Waals surface area contributed by atoms with Gasteiger partial charge < -0.3 is 10.2 Å². The number of amides is 1. The topological polar surface area (TPSA) is 35.6 Å². The minimum atomic E-state index is -0.777. The second kappa shape index (κ2) is 7.80. The average molecular weight is 366 g/mol. The van der Waals surface area contributed by atoms with Crippen molar-refractivity contribution in [2.24, 2.45) is 0 Å². The molecule has 2 aromatic rings. The van der Waals surface area contributed by atoms with Crippen LogP contribution in [0.4, 0.5) is 20.2 Å². The van der Waals surface area contributed by atoms with Gasteiger partial charge in [-0.15, -0.1) is 0 Å². The van der Waals surface area contributed by atoms with Crippen LogP contribution < -0.4 is 10.2 Å². The fraction of sp³-hybridized carbons (Fsp3) is 0.278. The zero-order valence-electron chi connectivity index (χ0n) is 13.5. The molecule has 1 saturated heterocycles. The summed E-state index contributed by atoms with van der Waals surface area (Å²) in [5, 5.41) is 3.18. The van der Waals surface area contributed by atoms with Crippen LogP contribution in [0.15, 0.2) is 42.5 Å². The molecular formula is C18H18ClF2N3O. The van der Waals surface area contributed by atoms with Crippen molar-refractivity contribution in [2.75, 3.05) is 42.9 Å². The Morgan fingerprint density at radius 1 is 1.04 bits per heavy atom. The molecule has 0 spiro atoms. The first-order valence-electron chi connectivity index (χ1n) is 7.99. The number of anilines is 2. The molecule has 132 valence electrons. The average Bonchev–Trinajstić information content (AvgIpc) is 2.59. The lowest BCUT2D eigenvalue weighted by Gasteiger charge is -2.35. The predicted octanol–water partition coefficient (Wildman–Crippen LogP) is 3.38. The van der Waals surface area contributed by atoms with Gasteiger partial charge in [-0.25, -0.2) is 8.78 Å². The number of hydrogen-bond acceptors (Lipinski definition) is 3. The third kappa shape index (κ3) is 4.67. The smallest absolute Gasteiger partial charge is 0.238 e. The maximum Gasteiger partial charge on any atom is 0.238 e. The fourth-order valence-electron chi connectivity index (χ4n) is 2.80. The van der Waals surface area contributed by atoms with E-state index in [0.29, 0.717) is 5.02 Å². The zero-order valence-corrected chi connectivity index (χ0v) is 14.3. The summed E-state index contributed by atoms with van der Waals surface area (Å²) in [6.45, 7) is 3.20. The van der Waals surface area contributed by atoms with Crippen molar-refractivity contribution < 1.29 is 13.6 Å². The van der Waals surface area contributed by atoms with Crippen LogP contribution >= 0.6 is 11.6 Å². The van der Waals surface area contributed by atoms with Gasteiger partial charge in [-0.1, -0.05) is 11.6 Å². The SMILES string of the molecule is O=C(CN1CCN(c2ccc(Cl)cc2)CC1)Nc1ccc(F)cc1F. The number of carbonyl (C=O) groups is 1. The Balaban J connectivity index is 1.50. The van der Waals surface area contributed by atoms with E-state index < -0.39 is 11.6 Å². The van der Waals surface area contributed by atoms with Crippen LogP contribution in [0.25, 0.3) is 0 Å². The quantitative estimate of drug-likeness (QED) is 0.902. The molecule has 0 bridgehead atoms. The van der Waals surface area contributed by atoms with Gasteiger partial charge in [0.2, 0.25) is 5.91 Å². The standard InChI is InChI=1S/C18H18ClF2N3O/c19-13-1-4-15(5-2-13)24-9-7-23(8-10-24)12-18(25)22-17-6-3-14(20)11-16(17)21/h1-6,11H,7-10,12H2,(H,22,25). The van der Waals surface area contributed by atoms with E-state index in [4.69, 9.17) is 11.6 Å². The molecule has 0 unspecified atom stereocenters. The molecule has 1 heterocycles. The summed E-state index contributed by atoms with van der Waals surface area (Å²) in [4.78, 5) is 16.3. The van der Waals surface area contributed by atoms with Crippen LogP contribution in [-0.4, -0.2) is 43.5 Å². The summed E-state index contributed by atoms with van der Waals surface area (Å²) >= 11 is 5.90. The van der Waals surface area contributed by atoms with E-state index >= 15 is 0 Å². The summed E-state index contributed by atoms with van der Waals surface area (Å²) in [5.41, 5.74) is 1.09.